The van der Waals surface area contributed by atoms with Crippen LogP contribution in [0.1, 0.15) is 32.0 Å². The highest BCUT2D eigenvalue weighted by atomic mass is 35.5. The molecule has 17 heavy (non-hydrogen) atoms. The van der Waals surface area contributed by atoms with Gasteiger partial charge in [0.25, 0.3) is 0 Å². The Balaban J connectivity index is 2.54. The van der Waals surface area contributed by atoms with Crippen LogP contribution >= 0.6 is 11.6 Å². The lowest BCUT2D eigenvalue weighted by Gasteiger charge is -2.10. The van der Waals surface area contributed by atoms with E-state index in [2.05, 4.69) is 15.3 Å². The van der Waals surface area contributed by atoms with Gasteiger partial charge in [0.2, 0.25) is 0 Å². The van der Waals surface area contributed by atoms with E-state index >= 15 is 0 Å². The smallest absolute Gasteiger partial charge is 0.157 e. The van der Waals surface area contributed by atoms with Gasteiger partial charge in [-0.25, -0.2) is 9.97 Å². The van der Waals surface area contributed by atoms with Crippen molar-refractivity contribution in [1.82, 2.24) is 9.97 Å². The van der Waals surface area contributed by atoms with Gasteiger partial charge in [0.1, 0.15) is 11.5 Å². The van der Waals surface area contributed by atoms with Crippen LogP contribution in [-0.4, -0.2) is 28.2 Å². The molecule has 0 saturated heterocycles. The molecule has 0 saturated carbocycles. The van der Waals surface area contributed by atoms with Crippen molar-refractivity contribution in [3.8, 4) is 0 Å². The number of aryl methyl sites for hydroxylation is 1. The highest BCUT2D eigenvalue weighted by Crippen LogP contribution is 2.23. The topological polar surface area (TPSA) is 84.1 Å². The molecular formula is C11H19ClN4O. The van der Waals surface area contributed by atoms with Gasteiger partial charge in [0.15, 0.2) is 11.0 Å². The minimum absolute atomic E-state index is 0.238. The fraction of sp³-hybridized carbons (Fsp3) is 0.636. The van der Waals surface area contributed by atoms with Crippen LogP contribution in [0.25, 0.3) is 0 Å². The maximum Gasteiger partial charge on any atom is 0.157 e. The first-order valence-electron chi connectivity index (χ1n) is 5.85. The molecule has 0 fully saturated rings. The minimum Gasteiger partial charge on any atom is -0.396 e. The molecule has 4 N–H and O–H groups in total. The lowest BCUT2D eigenvalue weighted by molar-refractivity contribution is 0.283. The first-order chi connectivity index (χ1) is 8.19. The number of nitrogens with zero attached hydrogens (tertiary/aromatic N) is 2. The second-order valence-electron chi connectivity index (χ2n) is 3.76. The largest absolute Gasteiger partial charge is 0.396 e. The Morgan fingerprint density at radius 1 is 1.29 bits per heavy atom. The maximum atomic E-state index is 8.65. The fourth-order valence-corrected chi connectivity index (χ4v) is 1.59. The SMILES string of the molecule is CCc1nc(Cl)c(N)c(NCCCCCO)n1. The monoisotopic (exact) mass is 258 g/mol. The van der Waals surface area contributed by atoms with E-state index in [0.717, 1.165) is 32.2 Å². The van der Waals surface area contributed by atoms with E-state index in [1.54, 1.807) is 0 Å². The summed E-state index contributed by atoms with van der Waals surface area (Å²) in [6.07, 6.45) is 3.48. The lowest BCUT2D eigenvalue weighted by Crippen LogP contribution is -2.09. The maximum absolute atomic E-state index is 8.65. The summed E-state index contributed by atoms with van der Waals surface area (Å²) in [5.41, 5.74) is 6.18. The highest BCUT2D eigenvalue weighted by molar-refractivity contribution is 6.32. The van der Waals surface area contributed by atoms with Crippen LogP contribution in [0.4, 0.5) is 11.5 Å². The third-order valence-electron chi connectivity index (χ3n) is 2.39. The molecule has 0 spiro atoms. The first kappa shape index (κ1) is 14.0. The number of rotatable bonds is 7. The van der Waals surface area contributed by atoms with Gasteiger partial charge < -0.3 is 16.2 Å². The van der Waals surface area contributed by atoms with Crippen molar-refractivity contribution in [2.75, 3.05) is 24.2 Å². The van der Waals surface area contributed by atoms with Gasteiger partial charge in [-0.3, -0.25) is 0 Å². The summed E-state index contributed by atoms with van der Waals surface area (Å²) in [7, 11) is 0. The van der Waals surface area contributed by atoms with E-state index in [1.165, 1.54) is 0 Å². The molecule has 1 aromatic heterocycles. The molecule has 0 aliphatic rings. The third-order valence-corrected chi connectivity index (χ3v) is 2.68. The fourth-order valence-electron chi connectivity index (χ4n) is 1.40. The molecule has 0 atom stereocenters. The van der Waals surface area contributed by atoms with Crippen molar-refractivity contribution >= 4 is 23.1 Å². The van der Waals surface area contributed by atoms with Gasteiger partial charge in [0.05, 0.1) is 0 Å². The van der Waals surface area contributed by atoms with Crippen LogP contribution in [0, 0.1) is 0 Å². The molecule has 1 rings (SSSR count). The molecule has 0 bridgehead atoms. The Bertz CT molecular complexity index is 360. The van der Waals surface area contributed by atoms with Crippen molar-refractivity contribution in [2.45, 2.75) is 32.6 Å². The Labute approximate surface area is 106 Å². The molecule has 6 heteroatoms. The molecule has 0 amide bonds. The number of aliphatic hydroxyl groups is 1. The lowest BCUT2D eigenvalue weighted by atomic mass is 10.2. The number of halogens is 1. The third kappa shape index (κ3) is 4.36. The molecule has 0 radical (unpaired) electrons. The second kappa shape index (κ2) is 7.29. The molecular weight excluding hydrogens is 240 g/mol. The van der Waals surface area contributed by atoms with Crippen LogP contribution in [-0.2, 0) is 6.42 Å². The first-order valence-corrected chi connectivity index (χ1v) is 6.23. The van der Waals surface area contributed by atoms with Crippen molar-refractivity contribution in [2.24, 2.45) is 0 Å². The Morgan fingerprint density at radius 2 is 2.06 bits per heavy atom. The molecule has 1 heterocycles. The Kier molecular flexibility index (Phi) is 6.00. The summed E-state index contributed by atoms with van der Waals surface area (Å²) in [6, 6.07) is 0. The molecule has 0 unspecified atom stereocenters. The number of hydrogen-bond acceptors (Lipinski definition) is 5. The zero-order valence-corrected chi connectivity index (χ0v) is 10.8. The van der Waals surface area contributed by atoms with Gasteiger partial charge in [0, 0.05) is 19.6 Å². The predicted octanol–water partition coefficient (Wildman–Crippen LogP) is 1.85. The second-order valence-corrected chi connectivity index (χ2v) is 4.12. The Morgan fingerprint density at radius 3 is 2.71 bits per heavy atom. The molecule has 96 valence electrons. The highest BCUT2D eigenvalue weighted by Gasteiger charge is 2.08. The standard InChI is InChI=1S/C11H19ClN4O/c1-2-8-15-10(12)9(13)11(16-8)14-6-4-3-5-7-17/h17H,2-7,13H2,1H3,(H,14,15,16). The predicted molar refractivity (Wildman–Crippen MR) is 70.3 cm³/mol. The number of hydrogen-bond donors (Lipinski definition) is 3. The van der Waals surface area contributed by atoms with Crippen LogP contribution in [0.15, 0.2) is 0 Å². The molecule has 1 aromatic rings. The van der Waals surface area contributed by atoms with Crippen LogP contribution in [0.2, 0.25) is 5.15 Å². The van der Waals surface area contributed by atoms with E-state index in [9.17, 15) is 0 Å². The molecule has 0 aliphatic heterocycles. The van der Waals surface area contributed by atoms with Gasteiger partial charge in [-0.1, -0.05) is 18.5 Å². The van der Waals surface area contributed by atoms with Crippen LogP contribution in [0.3, 0.4) is 0 Å². The van der Waals surface area contributed by atoms with E-state index in [4.69, 9.17) is 22.4 Å². The number of nitrogens with two attached hydrogens (primary N) is 1. The number of aromatic nitrogens is 2. The number of anilines is 2. The summed E-state index contributed by atoms with van der Waals surface area (Å²) in [6.45, 7) is 2.97. The summed E-state index contributed by atoms with van der Waals surface area (Å²) in [5.74, 6) is 1.29. The summed E-state index contributed by atoms with van der Waals surface area (Å²) < 4.78 is 0. The number of unbranched alkanes of at least 4 members (excludes halogenated alkanes) is 2. The Hall–Kier alpha value is -1.07. The number of nitrogens with one attached hydrogen (secondary N) is 1. The minimum atomic E-state index is 0.238. The summed E-state index contributed by atoms with van der Waals surface area (Å²) in [4.78, 5) is 8.35. The van der Waals surface area contributed by atoms with Gasteiger partial charge in [-0.15, -0.1) is 0 Å². The summed E-state index contributed by atoms with van der Waals surface area (Å²) in [5, 5.41) is 12.1. The van der Waals surface area contributed by atoms with Crippen LogP contribution < -0.4 is 11.1 Å². The van der Waals surface area contributed by atoms with E-state index in [-0.39, 0.29) is 6.61 Å². The quantitative estimate of drug-likeness (QED) is 0.513. The average Bonchev–Trinajstić information content (AvgIpc) is 2.33. The molecule has 5 nitrogen and oxygen atoms in total. The number of aliphatic hydroxyl groups excluding tert-OH is 1. The van der Waals surface area contributed by atoms with E-state index in [0.29, 0.717) is 22.5 Å². The van der Waals surface area contributed by atoms with E-state index < -0.39 is 0 Å². The normalized spacial score (nSPS) is 10.5. The van der Waals surface area contributed by atoms with Crippen molar-refractivity contribution < 1.29 is 5.11 Å². The zero-order valence-electron chi connectivity index (χ0n) is 10.0. The average molecular weight is 259 g/mol. The van der Waals surface area contributed by atoms with Crippen LogP contribution in [0.5, 0.6) is 0 Å². The van der Waals surface area contributed by atoms with Gasteiger partial charge in [-0.2, -0.15) is 0 Å². The molecule has 0 aliphatic carbocycles. The van der Waals surface area contributed by atoms with E-state index in [1.807, 2.05) is 6.92 Å². The van der Waals surface area contributed by atoms with Gasteiger partial charge in [-0.05, 0) is 19.3 Å². The van der Waals surface area contributed by atoms with Crippen molar-refractivity contribution in [3.05, 3.63) is 11.0 Å². The molecule has 0 aromatic carbocycles. The van der Waals surface area contributed by atoms with Gasteiger partial charge >= 0.3 is 0 Å². The summed E-state index contributed by atoms with van der Waals surface area (Å²) >= 11 is 5.91. The van der Waals surface area contributed by atoms with Crippen molar-refractivity contribution in [3.63, 3.8) is 0 Å². The number of nitrogen functional groups attached to an aromatic ring is 1. The van der Waals surface area contributed by atoms with Crippen molar-refractivity contribution in [1.29, 1.82) is 0 Å². The zero-order chi connectivity index (χ0) is 12.7.